The van der Waals surface area contributed by atoms with Crippen LogP contribution in [0.15, 0.2) is 24.5 Å². The van der Waals surface area contributed by atoms with E-state index in [4.69, 9.17) is 4.74 Å². The molecule has 22 heavy (non-hydrogen) atoms. The summed E-state index contributed by atoms with van der Waals surface area (Å²) < 4.78 is 5.50. The van der Waals surface area contributed by atoms with Gasteiger partial charge in [-0.3, -0.25) is 9.78 Å². The van der Waals surface area contributed by atoms with Gasteiger partial charge in [0.15, 0.2) is 0 Å². The molecule has 2 atom stereocenters. The van der Waals surface area contributed by atoms with E-state index in [2.05, 4.69) is 10.3 Å². The van der Waals surface area contributed by atoms with Crippen molar-refractivity contribution < 1.29 is 9.53 Å². The van der Waals surface area contributed by atoms with Crippen molar-refractivity contribution in [2.75, 3.05) is 32.8 Å². The number of nitrogens with one attached hydrogen (secondary N) is 1. The lowest BCUT2D eigenvalue weighted by Gasteiger charge is -2.31. The summed E-state index contributed by atoms with van der Waals surface area (Å²) in [6, 6.07) is 3.97. The standard InChI is InChI=1S/C17H25N3O2/c21-17(16-4-2-8-22-13-16)20(12-15-5-7-19-10-15)11-14-3-1-6-18-9-14/h1,3,6,9,15-16,19H,2,4-5,7-8,10-13H2/t15-,16-/m1/s1. The van der Waals surface area contributed by atoms with Gasteiger partial charge in [-0.25, -0.2) is 0 Å². The normalized spacial score (nSPS) is 25.1. The molecule has 1 aromatic rings. The van der Waals surface area contributed by atoms with Crippen molar-refractivity contribution in [2.45, 2.75) is 25.8 Å². The molecule has 0 aliphatic carbocycles. The van der Waals surface area contributed by atoms with Gasteiger partial charge in [-0.05, 0) is 49.9 Å². The van der Waals surface area contributed by atoms with Gasteiger partial charge in [0.2, 0.25) is 5.91 Å². The Balaban J connectivity index is 1.67. The van der Waals surface area contributed by atoms with Crippen LogP contribution in [0.25, 0.3) is 0 Å². The van der Waals surface area contributed by atoms with Crippen LogP contribution in [-0.4, -0.2) is 48.6 Å². The SMILES string of the molecule is O=C([C@@H]1CCCOC1)N(Cc1cccnc1)C[C@@H]1CCNC1. The lowest BCUT2D eigenvalue weighted by Crippen LogP contribution is -2.42. The van der Waals surface area contributed by atoms with Crippen LogP contribution in [-0.2, 0) is 16.1 Å². The minimum Gasteiger partial charge on any atom is -0.381 e. The quantitative estimate of drug-likeness (QED) is 0.894. The number of amides is 1. The van der Waals surface area contributed by atoms with Gasteiger partial charge in [0.1, 0.15) is 0 Å². The first-order valence-corrected chi connectivity index (χ1v) is 8.29. The third kappa shape index (κ3) is 4.05. The molecule has 5 nitrogen and oxygen atoms in total. The molecule has 0 spiro atoms. The molecule has 2 aliphatic heterocycles. The van der Waals surface area contributed by atoms with Gasteiger partial charge >= 0.3 is 0 Å². The van der Waals surface area contributed by atoms with Crippen LogP contribution >= 0.6 is 0 Å². The maximum atomic E-state index is 12.9. The molecule has 0 aromatic carbocycles. The monoisotopic (exact) mass is 303 g/mol. The first-order valence-electron chi connectivity index (χ1n) is 8.29. The van der Waals surface area contributed by atoms with Crippen molar-refractivity contribution in [1.29, 1.82) is 0 Å². The molecule has 2 fully saturated rings. The minimum atomic E-state index is 0.0276. The Morgan fingerprint density at radius 1 is 1.45 bits per heavy atom. The van der Waals surface area contributed by atoms with Crippen molar-refractivity contribution in [3.8, 4) is 0 Å². The van der Waals surface area contributed by atoms with Gasteiger partial charge in [0.25, 0.3) is 0 Å². The maximum Gasteiger partial charge on any atom is 0.228 e. The summed E-state index contributed by atoms with van der Waals surface area (Å²) in [6.45, 7) is 4.92. The topological polar surface area (TPSA) is 54.5 Å². The summed E-state index contributed by atoms with van der Waals surface area (Å²) in [5.41, 5.74) is 1.10. The fourth-order valence-corrected chi connectivity index (χ4v) is 3.32. The van der Waals surface area contributed by atoms with Gasteiger partial charge in [0, 0.05) is 32.1 Å². The fraction of sp³-hybridized carbons (Fsp3) is 0.647. The maximum absolute atomic E-state index is 12.9. The Morgan fingerprint density at radius 2 is 2.41 bits per heavy atom. The molecule has 0 bridgehead atoms. The average molecular weight is 303 g/mol. The number of rotatable bonds is 5. The van der Waals surface area contributed by atoms with E-state index in [1.54, 1.807) is 6.20 Å². The summed E-state index contributed by atoms with van der Waals surface area (Å²) in [4.78, 5) is 19.1. The van der Waals surface area contributed by atoms with Crippen LogP contribution in [0.3, 0.4) is 0 Å². The van der Waals surface area contributed by atoms with Crippen molar-refractivity contribution >= 4 is 5.91 Å². The van der Waals surface area contributed by atoms with Gasteiger partial charge in [-0.1, -0.05) is 6.07 Å². The summed E-state index contributed by atoms with van der Waals surface area (Å²) in [5.74, 6) is 0.834. The molecular weight excluding hydrogens is 278 g/mol. The third-order valence-electron chi connectivity index (χ3n) is 4.56. The Labute approximate surface area is 132 Å². The highest BCUT2D eigenvalue weighted by molar-refractivity contribution is 5.79. The van der Waals surface area contributed by atoms with Gasteiger partial charge in [-0.2, -0.15) is 0 Å². The number of carbonyl (C=O) groups excluding carboxylic acids is 1. The Bertz CT molecular complexity index is 468. The molecule has 1 N–H and O–H groups in total. The molecule has 2 aliphatic rings. The van der Waals surface area contributed by atoms with Crippen molar-refractivity contribution in [3.63, 3.8) is 0 Å². The second-order valence-corrected chi connectivity index (χ2v) is 6.35. The highest BCUT2D eigenvalue weighted by Crippen LogP contribution is 2.20. The lowest BCUT2D eigenvalue weighted by molar-refractivity contribution is -0.141. The summed E-state index contributed by atoms with van der Waals surface area (Å²) in [6.07, 6.45) is 6.71. The van der Waals surface area contributed by atoms with Crippen LogP contribution in [0.1, 0.15) is 24.8 Å². The highest BCUT2D eigenvalue weighted by Gasteiger charge is 2.29. The molecule has 0 radical (unpaired) electrons. The number of ether oxygens (including phenoxy) is 1. The number of carbonyl (C=O) groups is 1. The van der Waals surface area contributed by atoms with E-state index in [1.165, 1.54) is 0 Å². The number of pyridine rings is 1. The first-order chi connectivity index (χ1) is 10.8. The fourth-order valence-electron chi connectivity index (χ4n) is 3.32. The molecule has 0 unspecified atom stereocenters. The van der Waals surface area contributed by atoms with E-state index in [9.17, 15) is 4.79 Å². The second-order valence-electron chi connectivity index (χ2n) is 6.35. The third-order valence-corrected chi connectivity index (χ3v) is 4.56. The zero-order chi connectivity index (χ0) is 15.2. The van der Waals surface area contributed by atoms with E-state index in [0.29, 0.717) is 19.1 Å². The molecule has 1 amide bonds. The van der Waals surface area contributed by atoms with E-state index >= 15 is 0 Å². The number of hydrogen-bond acceptors (Lipinski definition) is 4. The van der Waals surface area contributed by atoms with E-state index in [0.717, 1.165) is 51.1 Å². The Kier molecular flexibility index (Phi) is 5.40. The molecule has 1 aromatic heterocycles. The average Bonchev–Trinajstić information content (AvgIpc) is 3.08. The van der Waals surface area contributed by atoms with E-state index in [-0.39, 0.29) is 11.8 Å². The molecule has 2 saturated heterocycles. The van der Waals surface area contributed by atoms with E-state index in [1.807, 2.05) is 23.2 Å². The predicted octanol–water partition coefficient (Wildman–Crippen LogP) is 1.45. The number of nitrogens with zero attached hydrogens (tertiary/aromatic N) is 2. The molecule has 3 heterocycles. The smallest absolute Gasteiger partial charge is 0.228 e. The van der Waals surface area contributed by atoms with Crippen molar-refractivity contribution in [1.82, 2.24) is 15.2 Å². The highest BCUT2D eigenvalue weighted by atomic mass is 16.5. The Hall–Kier alpha value is -1.46. The predicted molar refractivity (Wildman–Crippen MR) is 84.2 cm³/mol. The molecule has 120 valence electrons. The lowest BCUT2D eigenvalue weighted by atomic mass is 9.99. The minimum absolute atomic E-state index is 0.0276. The van der Waals surface area contributed by atoms with Crippen LogP contribution < -0.4 is 5.32 Å². The van der Waals surface area contributed by atoms with Crippen LogP contribution in [0.5, 0.6) is 0 Å². The van der Waals surface area contributed by atoms with E-state index < -0.39 is 0 Å². The summed E-state index contributed by atoms with van der Waals surface area (Å²) >= 11 is 0. The van der Waals surface area contributed by atoms with Gasteiger partial charge in [-0.15, -0.1) is 0 Å². The molecule has 0 saturated carbocycles. The zero-order valence-electron chi connectivity index (χ0n) is 13.0. The van der Waals surface area contributed by atoms with Crippen LogP contribution in [0.2, 0.25) is 0 Å². The summed E-state index contributed by atoms with van der Waals surface area (Å²) in [5, 5.41) is 3.39. The molecule has 3 rings (SSSR count). The van der Waals surface area contributed by atoms with Crippen LogP contribution in [0.4, 0.5) is 0 Å². The number of aromatic nitrogens is 1. The molecular formula is C17H25N3O2. The van der Waals surface area contributed by atoms with Gasteiger partial charge < -0.3 is 15.0 Å². The zero-order valence-corrected chi connectivity index (χ0v) is 13.0. The first kappa shape index (κ1) is 15.4. The largest absolute Gasteiger partial charge is 0.381 e. The van der Waals surface area contributed by atoms with Crippen molar-refractivity contribution in [2.24, 2.45) is 11.8 Å². The van der Waals surface area contributed by atoms with Crippen molar-refractivity contribution in [3.05, 3.63) is 30.1 Å². The van der Waals surface area contributed by atoms with Gasteiger partial charge in [0.05, 0.1) is 12.5 Å². The number of hydrogen-bond donors (Lipinski definition) is 1. The molecule has 5 heteroatoms. The summed E-state index contributed by atoms with van der Waals surface area (Å²) in [7, 11) is 0. The Morgan fingerprint density at radius 3 is 3.09 bits per heavy atom. The van der Waals surface area contributed by atoms with Crippen LogP contribution in [0, 0.1) is 11.8 Å². The second kappa shape index (κ2) is 7.70.